The molecule has 148 valence electrons. The molecule has 4 aromatic heterocycles. The standard InChI is InChI=1S/C20H20N6OS2/c1-11(19-23-14-4-2-3-5-15(14)29-19)22-18(27)16-8-13(10-28-16)12-6-7-17-24-20(21)25-26(17)9-12/h6-11H,2-5H2,1H3,(H2,21,25)(H,22,27). The zero-order valence-electron chi connectivity index (χ0n) is 15.9. The number of hydrogen-bond acceptors (Lipinski definition) is 7. The minimum absolute atomic E-state index is 0.0759. The number of rotatable bonds is 4. The van der Waals surface area contributed by atoms with Crippen molar-refractivity contribution in [3.8, 4) is 11.1 Å². The minimum atomic E-state index is -0.0990. The Balaban J connectivity index is 1.32. The summed E-state index contributed by atoms with van der Waals surface area (Å²) in [5, 5.41) is 10.2. The van der Waals surface area contributed by atoms with E-state index >= 15 is 0 Å². The Kier molecular flexibility index (Phi) is 4.56. The maximum atomic E-state index is 12.8. The second-order valence-corrected chi connectivity index (χ2v) is 9.24. The summed E-state index contributed by atoms with van der Waals surface area (Å²) >= 11 is 3.17. The van der Waals surface area contributed by atoms with Gasteiger partial charge in [-0.05, 0) is 61.7 Å². The molecule has 1 atom stereocenters. The number of carbonyl (C=O) groups excluding carboxylic acids is 1. The maximum absolute atomic E-state index is 12.8. The predicted octanol–water partition coefficient (Wildman–Crippen LogP) is 3.87. The lowest BCUT2D eigenvalue weighted by molar-refractivity contribution is 0.0944. The van der Waals surface area contributed by atoms with Crippen molar-refractivity contribution in [2.75, 3.05) is 5.73 Å². The van der Waals surface area contributed by atoms with E-state index in [4.69, 9.17) is 10.7 Å². The molecule has 5 rings (SSSR count). The van der Waals surface area contributed by atoms with Crippen molar-refractivity contribution in [3.05, 3.63) is 50.2 Å². The molecule has 0 saturated carbocycles. The third-order valence-electron chi connectivity index (χ3n) is 5.08. The number of carbonyl (C=O) groups is 1. The summed E-state index contributed by atoms with van der Waals surface area (Å²) < 4.78 is 1.65. The van der Waals surface area contributed by atoms with Crippen LogP contribution >= 0.6 is 22.7 Å². The van der Waals surface area contributed by atoms with E-state index in [0.29, 0.717) is 10.5 Å². The predicted molar refractivity (Wildman–Crippen MR) is 115 cm³/mol. The number of anilines is 1. The van der Waals surface area contributed by atoms with Crippen LogP contribution in [-0.2, 0) is 12.8 Å². The van der Waals surface area contributed by atoms with Crippen molar-refractivity contribution >= 4 is 40.2 Å². The quantitative estimate of drug-likeness (QED) is 0.518. The first-order chi connectivity index (χ1) is 14.1. The van der Waals surface area contributed by atoms with Crippen molar-refractivity contribution in [1.82, 2.24) is 24.9 Å². The Morgan fingerprint density at radius 2 is 2.10 bits per heavy atom. The second kappa shape index (κ2) is 7.23. The van der Waals surface area contributed by atoms with E-state index in [0.717, 1.165) is 29.0 Å². The maximum Gasteiger partial charge on any atom is 0.261 e. The van der Waals surface area contributed by atoms with Gasteiger partial charge >= 0.3 is 0 Å². The van der Waals surface area contributed by atoms with Gasteiger partial charge in [0.25, 0.3) is 5.91 Å². The smallest absolute Gasteiger partial charge is 0.261 e. The van der Waals surface area contributed by atoms with Gasteiger partial charge in [-0.15, -0.1) is 27.8 Å². The monoisotopic (exact) mass is 424 g/mol. The highest BCUT2D eigenvalue weighted by Gasteiger charge is 2.20. The number of thiazole rings is 1. The van der Waals surface area contributed by atoms with Gasteiger partial charge in [-0.3, -0.25) is 4.79 Å². The first-order valence-electron chi connectivity index (χ1n) is 9.57. The SMILES string of the molecule is CC(NC(=O)c1cc(-c2ccc3nc(N)nn3c2)cs1)c1nc2c(s1)CCCC2. The lowest BCUT2D eigenvalue weighted by Crippen LogP contribution is -2.25. The normalized spacial score (nSPS) is 14.7. The van der Waals surface area contributed by atoms with Gasteiger partial charge in [0.1, 0.15) is 5.01 Å². The first kappa shape index (κ1) is 18.3. The molecule has 0 aliphatic heterocycles. The Morgan fingerprint density at radius 1 is 1.24 bits per heavy atom. The van der Waals surface area contributed by atoms with Gasteiger partial charge in [-0.25, -0.2) is 9.50 Å². The molecule has 9 heteroatoms. The van der Waals surface area contributed by atoms with Crippen LogP contribution in [0, 0.1) is 0 Å². The van der Waals surface area contributed by atoms with Gasteiger partial charge in [0.2, 0.25) is 5.95 Å². The van der Waals surface area contributed by atoms with E-state index in [9.17, 15) is 4.79 Å². The van der Waals surface area contributed by atoms with E-state index in [2.05, 4.69) is 15.4 Å². The van der Waals surface area contributed by atoms with Crippen LogP contribution in [0.5, 0.6) is 0 Å². The molecule has 0 bridgehead atoms. The molecule has 0 saturated heterocycles. The molecule has 0 aromatic carbocycles. The Hall–Kier alpha value is -2.78. The highest BCUT2D eigenvalue weighted by Crippen LogP contribution is 2.30. The largest absolute Gasteiger partial charge is 0.366 e. The second-order valence-electron chi connectivity index (χ2n) is 7.21. The molecule has 29 heavy (non-hydrogen) atoms. The molecule has 4 heterocycles. The van der Waals surface area contributed by atoms with Crippen molar-refractivity contribution in [2.45, 2.75) is 38.6 Å². The van der Waals surface area contributed by atoms with E-state index in [1.807, 2.05) is 36.7 Å². The molecule has 0 spiro atoms. The van der Waals surface area contributed by atoms with Crippen molar-refractivity contribution in [3.63, 3.8) is 0 Å². The van der Waals surface area contributed by atoms with Gasteiger partial charge in [0.15, 0.2) is 5.65 Å². The minimum Gasteiger partial charge on any atom is -0.366 e. The molecule has 1 aliphatic carbocycles. The molecular formula is C20H20N6OS2. The van der Waals surface area contributed by atoms with E-state index < -0.39 is 0 Å². The summed E-state index contributed by atoms with van der Waals surface area (Å²) in [4.78, 5) is 23.7. The number of nitrogen functional groups attached to an aromatic ring is 1. The lowest BCUT2D eigenvalue weighted by atomic mass is 10.0. The topological polar surface area (TPSA) is 98.2 Å². The summed E-state index contributed by atoms with van der Waals surface area (Å²) in [6.45, 7) is 2.00. The van der Waals surface area contributed by atoms with Gasteiger partial charge in [-0.1, -0.05) is 0 Å². The van der Waals surface area contributed by atoms with Crippen LogP contribution in [0.15, 0.2) is 29.8 Å². The van der Waals surface area contributed by atoms with Crippen LogP contribution in [0.4, 0.5) is 5.95 Å². The molecule has 1 unspecified atom stereocenters. The third kappa shape index (κ3) is 3.51. The average Bonchev–Trinajstić information content (AvgIpc) is 3.43. The van der Waals surface area contributed by atoms with Gasteiger partial charge in [0, 0.05) is 16.6 Å². The van der Waals surface area contributed by atoms with Crippen LogP contribution in [0.2, 0.25) is 0 Å². The molecule has 1 aliphatic rings. The fraction of sp³-hybridized carbons (Fsp3) is 0.300. The van der Waals surface area contributed by atoms with Gasteiger partial charge in [0.05, 0.1) is 16.6 Å². The van der Waals surface area contributed by atoms with Crippen LogP contribution in [-0.4, -0.2) is 25.5 Å². The summed E-state index contributed by atoms with van der Waals surface area (Å²) in [7, 11) is 0. The number of fused-ring (bicyclic) bond motifs is 2. The van der Waals surface area contributed by atoms with Crippen LogP contribution < -0.4 is 11.1 Å². The summed E-state index contributed by atoms with van der Waals surface area (Å²) in [6, 6.07) is 5.62. The number of nitrogens with one attached hydrogen (secondary N) is 1. The zero-order valence-corrected chi connectivity index (χ0v) is 17.5. The lowest BCUT2D eigenvalue weighted by Gasteiger charge is -2.10. The molecule has 7 nitrogen and oxygen atoms in total. The molecule has 0 radical (unpaired) electrons. The number of nitrogens with zero attached hydrogens (tertiary/aromatic N) is 4. The molecular weight excluding hydrogens is 404 g/mol. The average molecular weight is 425 g/mol. The number of pyridine rings is 1. The van der Waals surface area contributed by atoms with Gasteiger partial charge < -0.3 is 11.1 Å². The Bertz CT molecular complexity index is 1180. The number of hydrogen-bond donors (Lipinski definition) is 2. The highest BCUT2D eigenvalue weighted by atomic mass is 32.1. The zero-order chi connectivity index (χ0) is 20.0. The number of aryl methyl sites for hydroxylation is 2. The van der Waals surface area contributed by atoms with Crippen LogP contribution in [0.3, 0.4) is 0 Å². The van der Waals surface area contributed by atoms with E-state index in [1.54, 1.807) is 15.9 Å². The van der Waals surface area contributed by atoms with Crippen molar-refractivity contribution in [1.29, 1.82) is 0 Å². The first-order valence-corrected chi connectivity index (χ1v) is 11.3. The molecule has 1 amide bonds. The fourth-order valence-electron chi connectivity index (χ4n) is 3.56. The highest BCUT2D eigenvalue weighted by molar-refractivity contribution is 7.12. The fourth-order valence-corrected chi connectivity index (χ4v) is 5.54. The van der Waals surface area contributed by atoms with Crippen molar-refractivity contribution < 1.29 is 4.79 Å². The number of nitrogens with two attached hydrogens (primary N) is 1. The van der Waals surface area contributed by atoms with Gasteiger partial charge in [-0.2, -0.15) is 4.98 Å². The number of amides is 1. The Labute approximate surface area is 175 Å². The van der Waals surface area contributed by atoms with E-state index in [1.165, 1.54) is 34.7 Å². The summed E-state index contributed by atoms with van der Waals surface area (Å²) in [6.07, 6.45) is 6.49. The molecule has 4 aromatic rings. The number of aromatic nitrogens is 4. The van der Waals surface area contributed by atoms with E-state index in [-0.39, 0.29) is 17.9 Å². The van der Waals surface area contributed by atoms with Crippen LogP contribution in [0.1, 0.15) is 51.1 Å². The molecule has 0 fully saturated rings. The Morgan fingerprint density at radius 3 is 2.97 bits per heavy atom. The van der Waals surface area contributed by atoms with Crippen LogP contribution in [0.25, 0.3) is 16.8 Å². The summed E-state index contributed by atoms with van der Waals surface area (Å²) in [5.41, 5.74) is 9.49. The molecule has 3 N–H and O–H groups in total. The van der Waals surface area contributed by atoms with Crippen molar-refractivity contribution in [2.24, 2.45) is 0 Å². The summed E-state index contributed by atoms with van der Waals surface area (Å²) in [5.74, 6) is 0.165. The number of thiophene rings is 1. The third-order valence-corrected chi connectivity index (χ3v) is 7.35.